The Morgan fingerprint density at radius 3 is 2.35 bits per heavy atom. The Balaban J connectivity index is 1.30. The predicted molar refractivity (Wildman–Crippen MR) is 136 cm³/mol. The molecule has 0 aliphatic heterocycles. The Labute approximate surface area is 204 Å². The molecule has 0 aliphatic carbocycles. The van der Waals surface area contributed by atoms with Gasteiger partial charge in [-0.25, -0.2) is 4.98 Å². The van der Waals surface area contributed by atoms with Gasteiger partial charge in [0.1, 0.15) is 22.9 Å². The summed E-state index contributed by atoms with van der Waals surface area (Å²) in [5.74, 6) is 0.954. The number of hydrogen-bond acceptors (Lipinski definition) is 5. The number of nitrogens with one attached hydrogen (secondary N) is 1. The van der Waals surface area contributed by atoms with Crippen molar-refractivity contribution in [1.29, 1.82) is 0 Å². The maximum absolute atomic E-state index is 13.1. The molecule has 3 aromatic carbocycles. The van der Waals surface area contributed by atoms with E-state index in [0.29, 0.717) is 32.4 Å². The van der Waals surface area contributed by atoms with Gasteiger partial charge in [0.05, 0.1) is 11.7 Å². The number of anilines is 1. The van der Waals surface area contributed by atoms with Crippen molar-refractivity contribution < 1.29 is 9.53 Å². The lowest BCUT2D eigenvalue weighted by Crippen LogP contribution is -2.27. The first kappa shape index (κ1) is 21.9. The summed E-state index contributed by atoms with van der Waals surface area (Å²) in [6.07, 6.45) is 1.42. The van der Waals surface area contributed by atoms with Gasteiger partial charge in [-0.1, -0.05) is 41.9 Å². The van der Waals surface area contributed by atoms with E-state index < -0.39 is 0 Å². The normalized spacial score (nSPS) is 10.9. The summed E-state index contributed by atoms with van der Waals surface area (Å²) < 4.78 is 7.09. The van der Waals surface area contributed by atoms with Crippen molar-refractivity contribution in [2.75, 3.05) is 5.32 Å². The highest BCUT2D eigenvalue weighted by atomic mass is 35.5. The third-order valence-corrected chi connectivity index (χ3v) is 6.29. The lowest BCUT2D eigenvalue weighted by Gasteiger charge is -2.09. The van der Waals surface area contributed by atoms with Gasteiger partial charge in [-0.3, -0.25) is 14.2 Å². The van der Waals surface area contributed by atoms with Crippen LogP contribution < -0.4 is 15.6 Å². The maximum atomic E-state index is 13.1. The predicted octanol–water partition coefficient (Wildman–Crippen LogP) is 6.21. The second-order valence-corrected chi connectivity index (χ2v) is 8.80. The number of ether oxygens (including phenoxy) is 1. The summed E-state index contributed by atoms with van der Waals surface area (Å²) in [5.41, 5.74) is 2.11. The highest BCUT2D eigenvalue weighted by Gasteiger charge is 2.14. The van der Waals surface area contributed by atoms with E-state index in [2.05, 4.69) is 10.3 Å². The molecule has 2 heterocycles. The SMILES string of the molecule is O=C(Cn1cnc2scc(-c3ccccc3)c2c1=O)Nc1ccc(Oc2ccc(Cl)cc2)cc1. The van der Waals surface area contributed by atoms with E-state index in [9.17, 15) is 9.59 Å². The van der Waals surface area contributed by atoms with Crippen molar-refractivity contribution in [1.82, 2.24) is 9.55 Å². The topological polar surface area (TPSA) is 73.2 Å². The first-order valence-electron chi connectivity index (χ1n) is 10.4. The van der Waals surface area contributed by atoms with Crippen LogP contribution in [0, 0.1) is 0 Å². The molecule has 0 unspecified atom stereocenters. The fourth-order valence-electron chi connectivity index (χ4n) is 3.51. The fraction of sp³-hybridized carbons (Fsp3) is 0.0385. The van der Waals surface area contributed by atoms with Crippen molar-refractivity contribution in [2.45, 2.75) is 6.54 Å². The van der Waals surface area contributed by atoms with E-state index in [1.54, 1.807) is 48.5 Å². The van der Waals surface area contributed by atoms with Gasteiger partial charge in [-0.15, -0.1) is 11.3 Å². The van der Waals surface area contributed by atoms with Crippen molar-refractivity contribution >= 4 is 44.7 Å². The van der Waals surface area contributed by atoms with Crippen LogP contribution in [0.2, 0.25) is 5.02 Å². The number of thiophene rings is 1. The third kappa shape index (κ3) is 4.71. The molecule has 1 amide bonds. The highest BCUT2D eigenvalue weighted by molar-refractivity contribution is 7.17. The van der Waals surface area contributed by atoms with Gasteiger partial charge in [0.15, 0.2) is 0 Å². The molecule has 0 aliphatic rings. The number of aromatic nitrogens is 2. The van der Waals surface area contributed by atoms with E-state index in [0.717, 1.165) is 11.1 Å². The maximum Gasteiger partial charge on any atom is 0.263 e. The van der Waals surface area contributed by atoms with Crippen LogP contribution in [0.4, 0.5) is 5.69 Å². The second-order valence-electron chi connectivity index (χ2n) is 7.50. The first-order valence-corrected chi connectivity index (χ1v) is 11.7. The highest BCUT2D eigenvalue weighted by Crippen LogP contribution is 2.30. The Hall–Kier alpha value is -3.94. The summed E-state index contributed by atoms with van der Waals surface area (Å²) in [6, 6.07) is 23.7. The van der Waals surface area contributed by atoms with Crippen molar-refractivity contribution in [3.63, 3.8) is 0 Å². The van der Waals surface area contributed by atoms with Crippen LogP contribution in [0.25, 0.3) is 21.3 Å². The van der Waals surface area contributed by atoms with Crippen LogP contribution in [0.1, 0.15) is 0 Å². The number of fused-ring (bicyclic) bond motifs is 1. The molecule has 0 saturated heterocycles. The molecule has 168 valence electrons. The molecule has 0 radical (unpaired) electrons. The van der Waals surface area contributed by atoms with Crippen LogP contribution in [0.3, 0.4) is 0 Å². The summed E-state index contributed by atoms with van der Waals surface area (Å²) in [7, 11) is 0. The molecular formula is C26H18ClN3O3S. The van der Waals surface area contributed by atoms with Crippen LogP contribution in [-0.2, 0) is 11.3 Å². The van der Waals surface area contributed by atoms with Crippen LogP contribution in [0.5, 0.6) is 11.5 Å². The zero-order chi connectivity index (χ0) is 23.5. The Bertz CT molecular complexity index is 1510. The molecule has 34 heavy (non-hydrogen) atoms. The van der Waals surface area contributed by atoms with Gasteiger partial charge in [0.2, 0.25) is 5.91 Å². The molecule has 1 N–H and O–H groups in total. The summed E-state index contributed by atoms with van der Waals surface area (Å²) in [6.45, 7) is -0.144. The number of rotatable bonds is 6. The summed E-state index contributed by atoms with van der Waals surface area (Å²) in [5, 5.41) is 5.89. The van der Waals surface area contributed by atoms with E-state index >= 15 is 0 Å². The molecule has 0 saturated carbocycles. The number of halogens is 1. The summed E-state index contributed by atoms with van der Waals surface area (Å²) in [4.78, 5) is 30.8. The van der Waals surface area contributed by atoms with Crippen LogP contribution >= 0.6 is 22.9 Å². The Morgan fingerprint density at radius 2 is 1.65 bits per heavy atom. The van der Waals surface area contributed by atoms with Gasteiger partial charge < -0.3 is 10.1 Å². The van der Waals surface area contributed by atoms with Crippen LogP contribution in [0.15, 0.2) is 95.4 Å². The van der Waals surface area contributed by atoms with Gasteiger partial charge in [-0.2, -0.15) is 0 Å². The number of nitrogens with zero attached hydrogens (tertiary/aromatic N) is 2. The number of carbonyl (C=O) groups excluding carboxylic acids is 1. The van der Waals surface area contributed by atoms with Crippen LogP contribution in [-0.4, -0.2) is 15.5 Å². The largest absolute Gasteiger partial charge is 0.457 e. The standard InChI is InChI=1S/C26H18ClN3O3S/c27-18-6-10-20(11-7-18)33-21-12-8-19(9-13-21)29-23(31)14-30-16-28-25-24(26(30)32)22(15-34-25)17-4-2-1-3-5-17/h1-13,15-16H,14H2,(H,29,31). The minimum atomic E-state index is -0.328. The van der Waals surface area contributed by atoms with Gasteiger partial charge in [-0.05, 0) is 54.1 Å². The lowest BCUT2D eigenvalue weighted by atomic mass is 10.1. The lowest BCUT2D eigenvalue weighted by molar-refractivity contribution is -0.116. The Morgan fingerprint density at radius 1 is 0.971 bits per heavy atom. The number of benzene rings is 3. The van der Waals surface area contributed by atoms with E-state index in [1.165, 1.54) is 22.2 Å². The first-order chi connectivity index (χ1) is 16.6. The molecule has 0 fully saturated rings. The van der Waals surface area contributed by atoms with Gasteiger partial charge in [0, 0.05) is 21.7 Å². The average Bonchev–Trinajstić information content (AvgIpc) is 3.29. The van der Waals surface area contributed by atoms with Gasteiger partial charge >= 0.3 is 0 Å². The number of amides is 1. The molecule has 5 aromatic rings. The quantitative estimate of drug-likeness (QED) is 0.309. The smallest absolute Gasteiger partial charge is 0.263 e. The summed E-state index contributed by atoms with van der Waals surface area (Å²) >= 11 is 7.30. The fourth-order valence-corrected chi connectivity index (χ4v) is 4.54. The monoisotopic (exact) mass is 487 g/mol. The van der Waals surface area contributed by atoms with Gasteiger partial charge in [0.25, 0.3) is 5.56 Å². The zero-order valence-corrected chi connectivity index (χ0v) is 19.3. The molecule has 0 spiro atoms. The number of hydrogen-bond donors (Lipinski definition) is 1. The molecular weight excluding hydrogens is 470 g/mol. The van der Waals surface area contributed by atoms with E-state index in [-0.39, 0.29) is 18.0 Å². The minimum absolute atomic E-state index is 0.144. The second kappa shape index (κ2) is 9.51. The van der Waals surface area contributed by atoms with Crippen molar-refractivity contribution in [3.8, 4) is 22.6 Å². The third-order valence-electron chi connectivity index (χ3n) is 5.15. The molecule has 5 rings (SSSR count). The molecule has 6 nitrogen and oxygen atoms in total. The number of carbonyl (C=O) groups is 1. The van der Waals surface area contributed by atoms with E-state index in [1.807, 2.05) is 35.7 Å². The van der Waals surface area contributed by atoms with Crippen molar-refractivity contribution in [2.24, 2.45) is 0 Å². The minimum Gasteiger partial charge on any atom is -0.457 e. The van der Waals surface area contributed by atoms with Crippen molar-refractivity contribution in [3.05, 3.63) is 106 Å². The molecule has 0 bridgehead atoms. The molecule has 2 aromatic heterocycles. The zero-order valence-electron chi connectivity index (χ0n) is 17.8. The average molecular weight is 488 g/mol. The molecule has 8 heteroatoms. The van der Waals surface area contributed by atoms with E-state index in [4.69, 9.17) is 16.3 Å². The Kier molecular flexibility index (Phi) is 6.12. The molecule has 0 atom stereocenters.